The number of aliphatic imine (C=N–C) groups is 1. The largest absolute Gasteiger partial charge is 0.444 e. The summed E-state index contributed by atoms with van der Waals surface area (Å²) in [7, 11) is -1.51. The summed E-state index contributed by atoms with van der Waals surface area (Å²) in [6.45, 7) is 7.22. The van der Waals surface area contributed by atoms with E-state index in [-0.39, 0.29) is 0 Å². The maximum atomic E-state index is 11.4. The van der Waals surface area contributed by atoms with Gasteiger partial charge in [-0.05, 0) is 27.2 Å². The van der Waals surface area contributed by atoms with E-state index >= 15 is 0 Å². The van der Waals surface area contributed by atoms with Crippen molar-refractivity contribution < 1.29 is 17.9 Å². The Hall–Kier alpha value is -1.55. The van der Waals surface area contributed by atoms with Crippen molar-refractivity contribution in [3.8, 4) is 0 Å². The maximum Gasteiger partial charge on any atom is 0.407 e. The topological polar surface area (TPSA) is 121 Å². The Bertz CT molecular complexity index is 485. The van der Waals surface area contributed by atoms with E-state index in [4.69, 9.17) is 4.74 Å². The molecule has 0 aromatic carbocycles. The second-order valence-corrected chi connectivity index (χ2v) is 7.71. The fraction of sp³-hybridized carbons (Fsp3) is 0.846. The summed E-state index contributed by atoms with van der Waals surface area (Å²) in [5, 5.41) is 8.70. The van der Waals surface area contributed by atoms with E-state index in [1.807, 2.05) is 0 Å². The van der Waals surface area contributed by atoms with Crippen LogP contribution in [-0.2, 0) is 14.8 Å². The van der Waals surface area contributed by atoms with Crippen molar-refractivity contribution in [2.75, 3.05) is 39.5 Å². The lowest BCUT2D eigenvalue weighted by molar-refractivity contribution is 0.0529. The van der Waals surface area contributed by atoms with Gasteiger partial charge in [-0.3, -0.25) is 4.99 Å². The number of hydrogen-bond donors (Lipinski definition) is 4. The number of nitrogens with one attached hydrogen (secondary N) is 4. The van der Waals surface area contributed by atoms with Gasteiger partial charge in [0.2, 0.25) is 10.0 Å². The zero-order chi connectivity index (χ0) is 17.9. The van der Waals surface area contributed by atoms with E-state index in [9.17, 15) is 13.2 Å². The first-order valence-corrected chi connectivity index (χ1v) is 9.28. The maximum absolute atomic E-state index is 11.4. The molecule has 0 saturated heterocycles. The van der Waals surface area contributed by atoms with Gasteiger partial charge >= 0.3 is 6.09 Å². The molecule has 0 heterocycles. The van der Waals surface area contributed by atoms with Crippen molar-refractivity contribution in [1.82, 2.24) is 20.7 Å². The van der Waals surface area contributed by atoms with Crippen molar-refractivity contribution >= 4 is 22.1 Å². The minimum absolute atomic E-state index is 0.364. The molecule has 0 atom stereocenters. The summed E-state index contributed by atoms with van der Waals surface area (Å²) in [5.41, 5.74) is -0.519. The molecule has 10 heteroatoms. The zero-order valence-corrected chi connectivity index (χ0v) is 15.3. The highest BCUT2D eigenvalue weighted by molar-refractivity contribution is 7.88. The molecule has 0 aliphatic heterocycles. The Kier molecular flexibility index (Phi) is 9.58. The van der Waals surface area contributed by atoms with Gasteiger partial charge in [0.1, 0.15) is 5.60 Å². The highest BCUT2D eigenvalue weighted by atomic mass is 32.2. The lowest BCUT2D eigenvalue weighted by atomic mass is 10.2. The molecule has 0 radical (unpaired) electrons. The first kappa shape index (κ1) is 21.4. The van der Waals surface area contributed by atoms with Crippen molar-refractivity contribution in [3.05, 3.63) is 0 Å². The first-order chi connectivity index (χ1) is 10.5. The van der Waals surface area contributed by atoms with Gasteiger partial charge in [-0.1, -0.05) is 0 Å². The van der Waals surface area contributed by atoms with Crippen LogP contribution in [0.1, 0.15) is 27.2 Å². The molecule has 0 spiro atoms. The molecule has 136 valence electrons. The van der Waals surface area contributed by atoms with Crippen LogP contribution in [0.25, 0.3) is 0 Å². The summed E-state index contributed by atoms with van der Waals surface area (Å²) < 4.78 is 29.3. The minimum Gasteiger partial charge on any atom is -0.444 e. The van der Waals surface area contributed by atoms with Gasteiger partial charge in [-0.25, -0.2) is 17.9 Å². The number of sulfonamides is 1. The Morgan fingerprint density at radius 1 is 1.04 bits per heavy atom. The van der Waals surface area contributed by atoms with E-state index in [0.717, 1.165) is 6.26 Å². The lowest BCUT2D eigenvalue weighted by Gasteiger charge is -2.19. The quantitative estimate of drug-likeness (QED) is 0.269. The molecule has 0 fully saturated rings. The van der Waals surface area contributed by atoms with Crippen LogP contribution in [0.4, 0.5) is 4.79 Å². The molecule has 0 bridgehead atoms. The Morgan fingerprint density at radius 3 is 2.13 bits per heavy atom. The number of hydrogen-bond acceptors (Lipinski definition) is 5. The normalized spacial score (nSPS) is 12.7. The van der Waals surface area contributed by atoms with E-state index in [2.05, 4.69) is 25.7 Å². The monoisotopic (exact) mass is 351 g/mol. The van der Waals surface area contributed by atoms with Gasteiger partial charge in [-0.15, -0.1) is 0 Å². The first-order valence-electron chi connectivity index (χ1n) is 7.39. The van der Waals surface area contributed by atoms with E-state index < -0.39 is 21.7 Å². The number of amides is 1. The van der Waals surface area contributed by atoms with Crippen molar-refractivity contribution in [1.29, 1.82) is 0 Å². The van der Waals surface area contributed by atoms with Gasteiger partial charge in [0.05, 0.1) is 6.26 Å². The molecule has 4 N–H and O–H groups in total. The standard InChI is InChI=1S/C13H29N5O4S/c1-13(2,3)22-12(19)17-10-9-16-11(14-4)15-7-6-8-18-23(5,20)21/h18H,6-10H2,1-5H3,(H,17,19)(H2,14,15,16). The van der Waals surface area contributed by atoms with Gasteiger partial charge in [0.25, 0.3) is 0 Å². The van der Waals surface area contributed by atoms with E-state index in [1.165, 1.54) is 0 Å². The Balaban J connectivity index is 3.77. The van der Waals surface area contributed by atoms with Crippen LogP contribution >= 0.6 is 0 Å². The van der Waals surface area contributed by atoms with Gasteiger partial charge in [0, 0.05) is 33.2 Å². The molecule has 0 aliphatic rings. The summed E-state index contributed by atoms with van der Waals surface area (Å²) in [4.78, 5) is 15.5. The zero-order valence-electron chi connectivity index (χ0n) is 14.5. The molecule has 9 nitrogen and oxygen atoms in total. The molecule has 0 aromatic rings. The predicted octanol–water partition coefficient (Wildman–Crippen LogP) is -0.385. The second-order valence-electron chi connectivity index (χ2n) is 5.87. The molecule has 0 aliphatic carbocycles. The minimum atomic E-state index is -3.14. The summed E-state index contributed by atoms with van der Waals surface area (Å²) in [6.07, 6.45) is 1.29. The smallest absolute Gasteiger partial charge is 0.407 e. The number of ether oxygens (including phenoxy) is 1. The number of guanidine groups is 1. The number of rotatable bonds is 8. The average molecular weight is 351 g/mol. The van der Waals surface area contributed by atoms with E-state index in [0.29, 0.717) is 38.6 Å². The van der Waals surface area contributed by atoms with Crippen LogP contribution in [0.2, 0.25) is 0 Å². The van der Waals surface area contributed by atoms with Crippen LogP contribution in [0.5, 0.6) is 0 Å². The fourth-order valence-electron chi connectivity index (χ4n) is 1.43. The molecule has 0 aromatic heterocycles. The van der Waals surface area contributed by atoms with Crippen LogP contribution < -0.4 is 20.7 Å². The summed E-state index contributed by atoms with van der Waals surface area (Å²) in [6, 6.07) is 0. The number of carbonyl (C=O) groups excluding carboxylic acids is 1. The third-order valence-electron chi connectivity index (χ3n) is 2.32. The van der Waals surface area contributed by atoms with Crippen molar-refractivity contribution in [2.45, 2.75) is 32.8 Å². The number of alkyl carbamates (subject to hydrolysis) is 1. The van der Waals surface area contributed by atoms with Gasteiger partial charge in [-0.2, -0.15) is 0 Å². The highest BCUT2D eigenvalue weighted by Gasteiger charge is 2.15. The molecule has 0 saturated carbocycles. The predicted molar refractivity (Wildman–Crippen MR) is 91.1 cm³/mol. The SMILES string of the molecule is CN=C(NCCCNS(C)(=O)=O)NCCNC(=O)OC(C)(C)C. The second kappa shape index (κ2) is 10.3. The molecular formula is C13H29N5O4S. The number of carbonyl (C=O) groups is 1. The molecule has 23 heavy (non-hydrogen) atoms. The van der Waals surface area contributed by atoms with Crippen LogP contribution in [0, 0.1) is 0 Å². The fourth-order valence-corrected chi connectivity index (χ4v) is 1.95. The van der Waals surface area contributed by atoms with Crippen LogP contribution in [0.3, 0.4) is 0 Å². The molecule has 1 amide bonds. The van der Waals surface area contributed by atoms with Crippen LogP contribution in [-0.4, -0.2) is 65.6 Å². The summed E-state index contributed by atoms with van der Waals surface area (Å²) >= 11 is 0. The van der Waals surface area contributed by atoms with Gasteiger partial charge < -0.3 is 20.7 Å². The van der Waals surface area contributed by atoms with Crippen molar-refractivity contribution in [2.24, 2.45) is 4.99 Å². The van der Waals surface area contributed by atoms with Gasteiger partial charge in [0.15, 0.2) is 5.96 Å². The summed E-state index contributed by atoms with van der Waals surface area (Å²) in [5.74, 6) is 0.579. The molecular weight excluding hydrogens is 322 g/mol. The highest BCUT2D eigenvalue weighted by Crippen LogP contribution is 2.05. The van der Waals surface area contributed by atoms with Crippen molar-refractivity contribution in [3.63, 3.8) is 0 Å². The molecule has 0 rings (SSSR count). The third kappa shape index (κ3) is 15.1. The third-order valence-corrected chi connectivity index (χ3v) is 3.05. The Labute approximate surface area is 138 Å². The lowest BCUT2D eigenvalue weighted by Crippen LogP contribution is -2.43. The number of nitrogens with zero attached hydrogens (tertiary/aromatic N) is 1. The molecule has 0 unspecified atom stereocenters. The average Bonchev–Trinajstić information content (AvgIpc) is 2.37. The van der Waals surface area contributed by atoms with Crippen LogP contribution in [0.15, 0.2) is 4.99 Å². The van der Waals surface area contributed by atoms with E-state index in [1.54, 1.807) is 27.8 Å². The Morgan fingerprint density at radius 2 is 1.61 bits per heavy atom.